The first kappa shape index (κ1) is 23.8. The van der Waals surface area contributed by atoms with Gasteiger partial charge in [0, 0.05) is 45.7 Å². The topological polar surface area (TPSA) is 90.7 Å². The van der Waals surface area contributed by atoms with Gasteiger partial charge in [-0.25, -0.2) is 4.99 Å². The van der Waals surface area contributed by atoms with Gasteiger partial charge >= 0.3 is 0 Å². The summed E-state index contributed by atoms with van der Waals surface area (Å²) in [6.45, 7) is 8.46. The molecule has 2 aliphatic rings. The van der Waals surface area contributed by atoms with Gasteiger partial charge in [0.25, 0.3) is 0 Å². The average Bonchev–Trinajstić information content (AvgIpc) is 3.27. The van der Waals surface area contributed by atoms with Crippen molar-refractivity contribution >= 4 is 35.8 Å². The molecule has 3 rings (SSSR count). The van der Waals surface area contributed by atoms with Crippen LogP contribution in [0.25, 0.3) is 0 Å². The van der Waals surface area contributed by atoms with Gasteiger partial charge in [0.1, 0.15) is 12.4 Å². The SMILES string of the molecule is CCN1CCCC1CNC(=NCc1nnc(C)n1C)NC1CCC(=O)N(C)C1.I. The second-order valence-electron chi connectivity index (χ2n) is 7.85. The Morgan fingerprint density at radius 2 is 2.07 bits per heavy atom. The van der Waals surface area contributed by atoms with E-state index in [1.54, 1.807) is 4.90 Å². The molecule has 164 valence electrons. The van der Waals surface area contributed by atoms with Crippen molar-refractivity contribution in [1.29, 1.82) is 0 Å². The van der Waals surface area contributed by atoms with Gasteiger partial charge in [-0.15, -0.1) is 34.2 Å². The fourth-order valence-corrected chi connectivity index (χ4v) is 3.97. The fourth-order valence-electron chi connectivity index (χ4n) is 3.97. The van der Waals surface area contributed by atoms with Gasteiger partial charge in [-0.1, -0.05) is 6.92 Å². The molecule has 2 N–H and O–H groups in total. The van der Waals surface area contributed by atoms with Crippen molar-refractivity contribution in [2.45, 2.75) is 58.2 Å². The van der Waals surface area contributed by atoms with Crippen LogP contribution in [0.4, 0.5) is 0 Å². The third-order valence-corrected chi connectivity index (χ3v) is 5.94. The molecule has 0 aromatic carbocycles. The van der Waals surface area contributed by atoms with Gasteiger partial charge < -0.3 is 20.1 Å². The highest BCUT2D eigenvalue weighted by molar-refractivity contribution is 14.0. The first-order chi connectivity index (χ1) is 13.5. The molecule has 29 heavy (non-hydrogen) atoms. The Balaban J connectivity index is 0.00000300. The summed E-state index contributed by atoms with van der Waals surface area (Å²) in [6.07, 6.45) is 3.89. The number of hydrogen-bond acceptors (Lipinski definition) is 5. The third kappa shape index (κ3) is 6.27. The smallest absolute Gasteiger partial charge is 0.222 e. The Morgan fingerprint density at radius 3 is 2.72 bits per heavy atom. The molecule has 0 saturated carbocycles. The van der Waals surface area contributed by atoms with E-state index >= 15 is 0 Å². The average molecular weight is 518 g/mol. The highest BCUT2D eigenvalue weighted by atomic mass is 127. The van der Waals surface area contributed by atoms with E-state index in [0.717, 1.165) is 37.1 Å². The van der Waals surface area contributed by atoms with Gasteiger partial charge in [0.2, 0.25) is 5.91 Å². The number of amides is 1. The molecule has 1 aromatic heterocycles. The maximum Gasteiger partial charge on any atom is 0.222 e. The second-order valence-corrected chi connectivity index (χ2v) is 7.85. The third-order valence-electron chi connectivity index (χ3n) is 5.94. The van der Waals surface area contributed by atoms with Crippen molar-refractivity contribution < 1.29 is 4.79 Å². The van der Waals surface area contributed by atoms with Gasteiger partial charge in [0.15, 0.2) is 11.8 Å². The number of likely N-dealkylation sites (tertiary alicyclic amines) is 2. The number of aryl methyl sites for hydroxylation is 1. The Bertz CT molecular complexity index is 706. The maximum atomic E-state index is 11.8. The van der Waals surface area contributed by atoms with Gasteiger partial charge in [-0.2, -0.15) is 0 Å². The summed E-state index contributed by atoms with van der Waals surface area (Å²) in [7, 11) is 3.82. The summed E-state index contributed by atoms with van der Waals surface area (Å²) in [4.78, 5) is 20.9. The quantitative estimate of drug-likeness (QED) is 0.330. The highest BCUT2D eigenvalue weighted by Gasteiger charge is 2.25. The Hall–Kier alpha value is -1.43. The van der Waals surface area contributed by atoms with E-state index in [1.165, 1.54) is 19.4 Å². The number of likely N-dealkylation sites (N-methyl/N-ethyl adjacent to an activating group) is 2. The number of aromatic nitrogens is 3. The summed E-state index contributed by atoms with van der Waals surface area (Å²) in [5.74, 6) is 2.72. The van der Waals surface area contributed by atoms with Crippen molar-refractivity contribution in [3.05, 3.63) is 11.6 Å². The summed E-state index contributed by atoms with van der Waals surface area (Å²) in [5, 5.41) is 15.4. The van der Waals surface area contributed by atoms with E-state index in [2.05, 4.69) is 32.7 Å². The molecule has 3 heterocycles. The van der Waals surface area contributed by atoms with E-state index in [-0.39, 0.29) is 35.9 Å². The van der Waals surface area contributed by atoms with E-state index < -0.39 is 0 Å². The summed E-state index contributed by atoms with van der Waals surface area (Å²) in [5.41, 5.74) is 0. The number of carbonyl (C=O) groups excluding carboxylic acids is 1. The van der Waals surface area contributed by atoms with Crippen LogP contribution in [-0.4, -0.2) is 81.7 Å². The molecule has 1 amide bonds. The summed E-state index contributed by atoms with van der Waals surface area (Å²) >= 11 is 0. The molecule has 2 fully saturated rings. The van der Waals surface area contributed by atoms with Gasteiger partial charge in [-0.05, 0) is 39.3 Å². The zero-order valence-electron chi connectivity index (χ0n) is 18.0. The minimum absolute atomic E-state index is 0. The van der Waals surface area contributed by atoms with Gasteiger partial charge in [-0.3, -0.25) is 9.69 Å². The van der Waals surface area contributed by atoms with Crippen molar-refractivity contribution in [3.63, 3.8) is 0 Å². The first-order valence-electron chi connectivity index (χ1n) is 10.4. The van der Waals surface area contributed by atoms with Crippen molar-refractivity contribution in [1.82, 2.24) is 35.2 Å². The number of halogens is 1. The van der Waals surface area contributed by atoms with E-state index in [4.69, 9.17) is 4.99 Å². The molecule has 0 bridgehead atoms. The maximum absolute atomic E-state index is 11.8. The van der Waals surface area contributed by atoms with Crippen LogP contribution in [-0.2, 0) is 18.4 Å². The molecule has 0 radical (unpaired) electrons. The van der Waals surface area contributed by atoms with Crippen molar-refractivity contribution in [3.8, 4) is 0 Å². The van der Waals surface area contributed by atoms with Crippen molar-refractivity contribution in [2.75, 3.05) is 33.2 Å². The zero-order chi connectivity index (χ0) is 20.1. The molecular formula is C19H35IN8O. The predicted octanol–water partition coefficient (Wildman–Crippen LogP) is 0.882. The fraction of sp³-hybridized carbons (Fsp3) is 0.789. The van der Waals surface area contributed by atoms with Crippen LogP contribution in [0.5, 0.6) is 0 Å². The molecular weight excluding hydrogens is 483 g/mol. The van der Waals surface area contributed by atoms with Crippen LogP contribution in [0.2, 0.25) is 0 Å². The van der Waals surface area contributed by atoms with Crippen LogP contribution < -0.4 is 10.6 Å². The lowest BCUT2D eigenvalue weighted by Crippen LogP contribution is -2.53. The highest BCUT2D eigenvalue weighted by Crippen LogP contribution is 2.15. The molecule has 0 aliphatic carbocycles. The minimum Gasteiger partial charge on any atom is -0.355 e. The lowest BCUT2D eigenvalue weighted by atomic mass is 10.1. The van der Waals surface area contributed by atoms with Crippen LogP contribution in [0.15, 0.2) is 4.99 Å². The lowest BCUT2D eigenvalue weighted by molar-refractivity contribution is -0.132. The number of nitrogens with zero attached hydrogens (tertiary/aromatic N) is 6. The zero-order valence-corrected chi connectivity index (χ0v) is 20.3. The van der Waals surface area contributed by atoms with E-state index in [9.17, 15) is 4.79 Å². The molecule has 2 saturated heterocycles. The number of nitrogens with one attached hydrogen (secondary N) is 2. The molecule has 10 heteroatoms. The Kier molecular flexibility index (Phi) is 9.12. The second kappa shape index (κ2) is 11.1. The van der Waals surface area contributed by atoms with Crippen LogP contribution >= 0.6 is 24.0 Å². The molecule has 9 nitrogen and oxygen atoms in total. The van der Waals surface area contributed by atoms with Gasteiger partial charge in [0.05, 0.1) is 0 Å². The Labute approximate surface area is 190 Å². The molecule has 2 atom stereocenters. The van der Waals surface area contributed by atoms with Crippen LogP contribution in [0.1, 0.15) is 44.3 Å². The number of hydrogen-bond donors (Lipinski definition) is 2. The standard InChI is InChI=1S/C19H34N8O.HI/c1-5-27-10-6-7-16(27)11-20-19(21-12-17-24-23-14(2)26(17)4)22-15-8-9-18(28)25(3)13-15;/h15-16H,5-13H2,1-4H3,(H2,20,21,22);1H. The normalized spacial score (nSPS) is 23.2. The molecule has 0 spiro atoms. The van der Waals surface area contributed by atoms with Crippen LogP contribution in [0.3, 0.4) is 0 Å². The Morgan fingerprint density at radius 1 is 1.28 bits per heavy atom. The number of rotatable bonds is 6. The van der Waals surface area contributed by atoms with Crippen LogP contribution in [0, 0.1) is 6.92 Å². The number of guanidine groups is 1. The van der Waals surface area contributed by atoms with E-state index in [0.29, 0.717) is 25.6 Å². The minimum atomic E-state index is 0. The predicted molar refractivity (Wildman–Crippen MR) is 124 cm³/mol. The summed E-state index contributed by atoms with van der Waals surface area (Å²) in [6, 6.07) is 0.755. The van der Waals surface area contributed by atoms with Crippen molar-refractivity contribution in [2.24, 2.45) is 12.0 Å². The number of piperidine rings is 1. The number of carbonyl (C=O) groups is 1. The lowest BCUT2D eigenvalue weighted by Gasteiger charge is -2.32. The monoisotopic (exact) mass is 518 g/mol. The molecule has 2 unspecified atom stereocenters. The van der Waals surface area contributed by atoms with E-state index in [1.807, 2.05) is 25.6 Å². The molecule has 2 aliphatic heterocycles. The molecule has 1 aromatic rings. The largest absolute Gasteiger partial charge is 0.355 e. The number of aliphatic imine (C=N–C) groups is 1. The first-order valence-corrected chi connectivity index (χ1v) is 10.4. The summed E-state index contributed by atoms with van der Waals surface area (Å²) < 4.78 is 1.96.